The van der Waals surface area contributed by atoms with Gasteiger partial charge in [0.05, 0.1) is 41.7 Å². The number of hydrazine groups is 1. The number of nitrogens with zero attached hydrogens (tertiary/aromatic N) is 7. The summed E-state index contributed by atoms with van der Waals surface area (Å²) < 4.78 is 20.9. The van der Waals surface area contributed by atoms with E-state index >= 15 is 0 Å². The Hall–Kier alpha value is -4.61. The zero-order valence-electron chi connectivity index (χ0n) is 37.5. The van der Waals surface area contributed by atoms with Crippen molar-refractivity contribution < 1.29 is 28.6 Å². The molecular weight excluding hydrogens is 807 g/mol. The summed E-state index contributed by atoms with van der Waals surface area (Å²) in [6.07, 6.45) is 3.41. The third-order valence-electron chi connectivity index (χ3n) is 13.1. The monoisotopic (exact) mass is 869 g/mol. The number of hydrogen-bond acceptors (Lipinski definition) is 12. The van der Waals surface area contributed by atoms with Crippen LogP contribution in [0.3, 0.4) is 0 Å². The number of piperazine rings is 1. The Labute approximate surface area is 369 Å². The minimum atomic E-state index is -1.11. The van der Waals surface area contributed by atoms with Gasteiger partial charge in [-0.3, -0.25) is 19.6 Å². The number of fused-ring (bicyclic) bond motifs is 6. The Morgan fingerprint density at radius 2 is 1.89 bits per heavy atom. The summed E-state index contributed by atoms with van der Waals surface area (Å²) in [5.74, 6) is -0.815. The fourth-order valence-corrected chi connectivity index (χ4v) is 10.2. The molecule has 0 aliphatic carbocycles. The van der Waals surface area contributed by atoms with Crippen molar-refractivity contribution in [1.29, 1.82) is 0 Å². The average Bonchev–Trinajstić information content (AvgIpc) is 3.88. The average molecular weight is 870 g/mol. The summed E-state index contributed by atoms with van der Waals surface area (Å²) >= 11 is 1.41. The minimum absolute atomic E-state index is 0.0628. The van der Waals surface area contributed by atoms with Crippen molar-refractivity contribution in [2.24, 2.45) is 5.41 Å². The van der Waals surface area contributed by atoms with Gasteiger partial charge in [0, 0.05) is 98.4 Å². The number of aryl methyl sites for hydroxylation is 1. The summed E-state index contributed by atoms with van der Waals surface area (Å²) in [4.78, 5) is 59.0. The highest BCUT2D eigenvalue weighted by molar-refractivity contribution is 7.10. The van der Waals surface area contributed by atoms with E-state index in [1.807, 2.05) is 32.3 Å². The number of amides is 3. The van der Waals surface area contributed by atoms with Crippen LogP contribution >= 0.6 is 11.3 Å². The molecule has 0 spiro atoms. The summed E-state index contributed by atoms with van der Waals surface area (Å²) in [7, 11) is 3.89. The zero-order valence-corrected chi connectivity index (χ0v) is 38.3. The first-order valence-corrected chi connectivity index (χ1v) is 23.2. The molecule has 334 valence electrons. The number of hydrogen-bond donors (Lipinski definition) is 2. The van der Waals surface area contributed by atoms with E-state index in [4.69, 9.17) is 24.2 Å². The van der Waals surface area contributed by atoms with Crippen LogP contribution in [0.15, 0.2) is 35.8 Å². The van der Waals surface area contributed by atoms with E-state index in [9.17, 15) is 14.4 Å². The number of methoxy groups -OCH3 is 1. The number of pyridine rings is 1. The van der Waals surface area contributed by atoms with Gasteiger partial charge in [0.15, 0.2) is 0 Å². The van der Waals surface area contributed by atoms with Crippen LogP contribution in [0.25, 0.3) is 33.4 Å². The van der Waals surface area contributed by atoms with Crippen molar-refractivity contribution in [3.8, 4) is 22.5 Å². The molecule has 4 aromatic rings. The van der Waals surface area contributed by atoms with Crippen molar-refractivity contribution in [2.45, 2.75) is 104 Å². The van der Waals surface area contributed by atoms with Crippen LogP contribution in [0.4, 0.5) is 10.5 Å². The van der Waals surface area contributed by atoms with E-state index in [0.717, 1.165) is 83.0 Å². The number of esters is 1. The highest BCUT2D eigenvalue weighted by atomic mass is 32.1. The third kappa shape index (κ3) is 8.68. The lowest BCUT2D eigenvalue weighted by atomic mass is 9.84. The predicted octanol–water partition coefficient (Wildman–Crippen LogP) is 6.18. The van der Waals surface area contributed by atoms with Crippen molar-refractivity contribution >= 4 is 45.8 Å². The number of carbonyl (C=O) groups is 3. The number of carbonyl (C=O) groups excluding carboxylic acids is 3. The summed E-state index contributed by atoms with van der Waals surface area (Å²) in [6, 6.07) is 6.66. The molecule has 7 heterocycles. The summed E-state index contributed by atoms with van der Waals surface area (Å²) in [6.45, 7) is 18.2. The van der Waals surface area contributed by atoms with Crippen LogP contribution in [-0.2, 0) is 36.8 Å². The zero-order chi connectivity index (χ0) is 43.9. The largest absolute Gasteiger partial charge is 0.464 e. The van der Waals surface area contributed by atoms with Crippen molar-refractivity contribution in [3.05, 3.63) is 52.1 Å². The van der Waals surface area contributed by atoms with Gasteiger partial charge in [0.2, 0.25) is 0 Å². The van der Waals surface area contributed by atoms with Crippen LogP contribution in [0.1, 0.15) is 89.3 Å². The number of nitrogens with one attached hydrogen (secondary N) is 2. The third-order valence-corrected chi connectivity index (χ3v) is 14.0. The van der Waals surface area contributed by atoms with Gasteiger partial charge in [-0.2, -0.15) is 0 Å². The molecule has 3 saturated heterocycles. The Balaban J connectivity index is 1.29. The van der Waals surface area contributed by atoms with Gasteiger partial charge in [-0.1, -0.05) is 19.9 Å². The van der Waals surface area contributed by atoms with Crippen LogP contribution in [-0.4, -0.2) is 132 Å². The van der Waals surface area contributed by atoms with Crippen molar-refractivity contribution in [3.63, 3.8) is 0 Å². The standard InChI is InChI=1S/C46H63N9O6S/c1-9-53-37-14-13-30-22-32(37)34(40(53)33-23-31(25-47-38(33)29(4)59-8)52-20-18-51(7)19-21-52)24-46(5,6)27-61-44(57)35-12-11-16-55(50-35)43(56)39(49-45(58)54-17-15-28(54)3)41(60-10-2)42-48-36(30)26-62-42/h13-14,22-23,25-26,28-29,35,39,41,50H,9-12,15-21,24,27H2,1-8H3,(H,49,58)/t28-,29+,35+,39+,41+/m1/s1. The van der Waals surface area contributed by atoms with Crippen LogP contribution < -0.4 is 15.6 Å². The van der Waals surface area contributed by atoms with E-state index in [1.54, 1.807) is 12.0 Å². The summed E-state index contributed by atoms with van der Waals surface area (Å²) in [5, 5.41) is 8.14. The normalized spacial score (nSPS) is 24.1. The molecule has 6 bridgehead atoms. The van der Waals surface area contributed by atoms with Crippen LogP contribution in [0, 0.1) is 5.41 Å². The number of aromatic nitrogens is 3. The molecule has 8 rings (SSSR count). The molecule has 5 atom stereocenters. The van der Waals surface area contributed by atoms with Gasteiger partial charge >= 0.3 is 12.0 Å². The molecule has 3 fully saturated rings. The molecule has 1 aromatic carbocycles. The number of anilines is 1. The molecule has 4 aliphatic rings. The number of rotatable bonds is 8. The summed E-state index contributed by atoms with van der Waals surface area (Å²) in [5.41, 5.74) is 10.6. The molecule has 4 aliphatic heterocycles. The lowest BCUT2D eigenvalue weighted by Crippen LogP contribution is -2.63. The van der Waals surface area contributed by atoms with E-state index in [0.29, 0.717) is 43.9 Å². The van der Waals surface area contributed by atoms with Gasteiger partial charge < -0.3 is 38.8 Å². The Kier molecular flexibility index (Phi) is 12.9. The first-order valence-electron chi connectivity index (χ1n) is 22.3. The van der Waals surface area contributed by atoms with Gasteiger partial charge in [0.25, 0.3) is 5.91 Å². The smallest absolute Gasteiger partial charge is 0.324 e. The maximum Gasteiger partial charge on any atom is 0.324 e. The Morgan fingerprint density at radius 1 is 1.10 bits per heavy atom. The van der Waals surface area contributed by atoms with E-state index in [-0.39, 0.29) is 31.4 Å². The second-order valence-electron chi connectivity index (χ2n) is 18.1. The predicted molar refractivity (Wildman–Crippen MR) is 241 cm³/mol. The van der Waals surface area contributed by atoms with Crippen LogP contribution in [0.2, 0.25) is 0 Å². The molecule has 3 aromatic heterocycles. The number of cyclic esters (lactones) is 1. The van der Waals surface area contributed by atoms with E-state index in [2.05, 4.69) is 77.2 Å². The topological polar surface area (TPSA) is 147 Å². The number of benzene rings is 1. The molecular formula is C46H63N9O6S. The van der Waals surface area contributed by atoms with Gasteiger partial charge in [0.1, 0.15) is 23.2 Å². The highest BCUT2D eigenvalue weighted by Gasteiger charge is 2.42. The molecule has 0 saturated carbocycles. The maximum absolute atomic E-state index is 14.6. The van der Waals surface area contributed by atoms with Crippen molar-refractivity contribution in [2.75, 3.05) is 71.5 Å². The molecule has 0 unspecified atom stereocenters. The second kappa shape index (κ2) is 18.2. The van der Waals surface area contributed by atoms with Gasteiger partial charge in [-0.15, -0.1) is 11.3 Å². The molecule has 15 nitrogen and oxygen atoms in total. The van der Waals surface area contributed by atoms with Gasteiger partial charge in [-0.25, -0.2) is 15.2 Å². The number of thiazole rings is 1. The van der Waals surface area contributed by atoms with E-state index in [1.165, 1.54) is 16.3 Å². The minimum Gasteiger partial charge on any atom is -0.464 e. The molecule has 3 amide bonds. The van der Waals surface area contributed by atoms with Crippen LogP contribution in [0.5, 0.6) is 0 Å². The molecule has 0 radical (unpaired) electrons. The number of urea groups is 1. The van der Waals surface area contributed by atoms with Gasteiger partial charge in [-0.05, 0) is 84.2 Å². The fraction of sp³-hybridized carbons (Fsp3) is 0.587. The maximum atomic E-state index is 14.6. The molecule has 16 heteroatoms. The lowest BCUT2D eigenvalue weighted by molar-refractivity contribution is -0.156. The number of likely N-dealkylation sites (tertiary alicyclic amines) is 1. The second-order valence-corrected chi connectivity index (χ2v) is 19.0. The lowest BCUT2D eigenvalue weighted by Gasteiger charge is -2.41. The Bertz CT molecular complexity index is 2290. The quantitative estimate of drug-likeness (QED) is 0.196. The highest BCUT2D eigenvalue weighted by Crippen LogP contribution is 2.43. The first-order chi connectivity index (χ1) is 29.8. The molecule has 2 N–H and O–H groups in total. The SMILES string of the molecule is CCO[C@@H]1c2nc(cs2)-c2ccc3c(c2)c(c(-c2cc(N4CCN(C)CC4)cnc2[C@H](C)OC)n3CC)CC(C)(C)COC(=O)[C@@H]2CCCN(N2)C(=O)[C@H]1NC(=O)N1CC[C@H]1C. The first kappa shape index (κ1) is 44.0. The molecule has 62 heavy (non-hydrogen) atoms. The number of ether oxygens (including phenoxy) is 3. The Morgan fingerprint density at radius 3 is 2.58 bits per heavy atom. The number of likely N-dealkylation sites (N-methyl/N-ethyl adjacent to an activating group) is 1. The fourth-order valence-electron chi connectivity index (χ4n) is 9.25. The van der Waals surface area contributed by atoms with E-state index < -0.39 is 35.5 Å². The van der Waals surface area contributed by atoms with Crippen molar-refractivity contribution in [1.82, 2.24) is 40.1 Å².